The summed E-state index contributed by atoms with van der Waals surface area (Å²) in [6.07, 6.45) is 2.30. The molecule has 3 rings (SSSR count). The molecule has 1 aliphatic rings. The molecule has 0 radical (unpaired) electrons. The van der Waals surface area contributed by atoms with E-state index in [2.05, 4.69) is 6.58 Å². The Morgan fingerprint density at radius 3 is 2.41 bits per heavy atom. The number of hydrogen-bond donors (Lipinski definition) is 1. The lowest BCUT2D eigenvalue weighted by molar-refractivity contribution is -0.139. The topological polar surface area (TPSA) is 70.1 Å². The largest absolute Gasteiger partial charge is 0.507 e. The predicted octanol–water partition coefficient (Wildman–Crippen LogP) is 3.76. The predicted molar refractivity (Wildman–Crippen MR) is 121 cm³/mol. The SMILES string of the molecule is C=CCOc1ccc([C@@H]2/C(=C(\O)c3ccc(F)cc3)C(=O)C(=O)N2CCCN(C)C)cc1. The van der Waals surface area contributed by atoms with Crippen LogP contribution in [0.2, 0.25) is 0 Å². The van der Waals surface area contributed by atoms with Crippen LogP contribution in [0.3, 0.4) is 0 Å². The van der Waals surface area contributed by atoms with Gasteiger partial charge >= 0.3 is 0 Å². The number of nitrogens with zero attached hydrogens (tertiary/aromatic N) is 2. The van der Waals surface area contributed by atoms with E-state index >= 15 is 0 Å². The number of amides is 1. The molecule has 1 heterocycles. The average molecular weight is 438 g/mol. The monoisotopic (exact) mass is 438 g/mol. The van der Waals surface area contributed by atoms with Crippen LogP contribution in [0.5, 0.6) is 5.75 Å². The van der Waals surface area contributed by atoms with Crippen LogP contribution in [0.15, 0.2) is 66.8 Å². The first kappa shape index (κ1) is 23.2. The zero-order chi connectivity index (χ0) is 23.3. The van der Waals surface area contributed by atoms with E-state index in [-0.39, 0.29) is 16.9 Å². The van der Waals surface area contributed by atoms with Crippen LogP contribution >= 0.6 is 0 Å². The van der Waals surface area contributed by atoms with Crippen molar-refractivity contribution >= 4 is 17.4 Å². The van der Waals surface area contributed by atoms with Gasteiger partial charge in [0.2, 0.25) is 0 Å². The molecule has 1 amide bonds. The maximum Gasteiger partial charge on any atom is 0.295 e. The summed E-state index contributed by atoms with van der Waals surface area (Å²) in [5.74, 6) is -1.58. The van der Waals surface area contributed by atoms with Crippen LogP contribution in [0.4, 0.5) is 4.39 Å². The van der Waals surface area contributed by atoms with Crippen LogP contribution in [0, 0.1) is 5.82 Å². The molecular formula is C25H27FN2O4. The summed E-state index contributed by atoms with van der Waals surface area (Å²) in [5.41, 5.74) is 0.934. The van der Waals surface area contributed by atoms with Crippen LogP contribution in [-0.2, 0) is 9.59 Å². The number of rotatable bonds is 9. The first-order chi connectivity index (χ1) is 15.3. The fourth-order valence-corrected chi connectivity index (χ4v) is 3.68. The number of halogens is 1. The fraction of sp³-hybridized carbons (Fsp3) is 0.280. The number of aliphatic hydroxyl groups is 1. The molecule has 0 unspecified atom stereocenters. The Bertz CT molecular complexity index is 1010. The third-order valence-corrected chi connectivity index (χ3v) is 5.23. The van der Waals surface area contributed by atoms with Crippen LogP contribution in [-0.4, -0.2) is 60.4 Å². The molecule has 2 aromatic rings. The van der Waals surface area contributed by atoms with Crippen LogP contribution in [0.1, 0.15) is 23.6 Å². The fourth-order valence-electron chi connectivity index (χ4n) is 3.68. The summed E-state index contributed by atoms with van der Waals surface area (Å²) in [6.45, 7) is 5.06. The number of aliphatic hydroxyl groups excluding tert-OH is 1. The minimum Gasteiger partial charge on any atom is -0.507 e. The maximum absolute atomic E-state index is 13.4. The van der Waals surface area contributed by atoms with Crippen LogP contribution in [0.25, 0.3) is 5.76 Å². The van der Waals surface area contributed by atoms with Crippen molar-refractivity contribution in [1.29, 1.82) is 0 Å². The quantitative estimate of drug-likeness (QED) is 0.279. The summed E-state index contributed by atoms with van der Waals surface area (Å²) >= 11 is 0. The molecule has 1 N–H and O–H groups in total. The Kier molecular flexibility index (Phi) is 7.43. The number of Topliss-reactive ketones (excluding diaryl/α,β-unsaturated/α-hetero) is 1. The second-order valence-corrected chi connectivity index (χ2v) is 7.82. The molecule has 2 aromatic carbocycles. The zero-order valence-corrected chi connectivity index (χ0v) is 18.3. The summed E-state index contributed by atoms with van der Waals surface area (Å²) in [4.78, 5) is 29.3. The molecular weight excluding hydrogens is 411 g/mol. The molecule has 0 bridgehead atoms. The lowest BCUT2D eigenvalue weighted by Crippen LogP contribution is -2.32. The van der Waals surface area contributed by atoms with Crippen molar-refractivity contribution in [2.24, 2.45) is 0 Å². The number of ketones is 1. The van der Waals surface area contributed by atoms with E-state index < -0.39 is 23.5 Å². The minimum atomic E-state index is -0.756. The lowest BCUT2D eigenvalue weighted by atomic mass is 9.95. The second kappa shape index (κ2) is 10.2. The van der Waals surface area contributed by atoms with Crippen molar-refractivity contribution in [2.45, 2.75) is 12.5 Å². The number of carbonyl (C=O) groups excluding carboxylic acids is 2. The first-order valence-corrected chi connectivity index (χ1v) is 10.4. The van der Waals surface area contributed by atoms with Crippen molar-refractivity contribution in [2.75, 3.05) is 33.8 Å². The maximum atomic E-state index is 13.4. The molecule has 0 saturated carbocycles. The Morgan fingerprint density at radius 2 is 1.81 bits per heavy atom. The third kappa shape index (κ3) is 5.06. The van der Waals surface area contributed by atoms with Crippen molar-refractivity contribution in [3.8, 4) is 5.75 Å². The summed E-state index contributed by atoms with van der Waals surface area (Å²) in [7, 11) is 3.87. The van der Waals surface area contributed by atoms with Gasteiger partial charge in [0.25, 0.3) is 11.7 Å². The number of benzene rings is 2. The molecule has 7 heteroatoms. The minimum absolute atomic E-state index is 0.00813. The standard InChI is InChI=1S/C25H27FN2O4/c1-4-16-32-20-12-8-17(9-13-20)22-21(23(29)18-6-10-19(26)11-7-18)24(30)25(31)28(22)15-5-14-27(2)3/h4,6-13,22,29H,1,5,14-16H2,2-3H3/b23-21+/t22-/m1/s1. The highest BCUT2D eigenvalue weighted by atomic mass is 19.1. The smallest absolute Gasteiger partial charge is 0.295 e. The average Bonchev–Trinajstić information content (AvgIpc) is 3.03. The Morgan fingerprint density at radius 1 is 1.16 bits per heavy atom. The molecule has 6 nitrogen and oxygen atoms in total. The number of ether oxygens (including phenoxy) is 1. The van der Waals surface area contributed by atoms with Crippen LogP contribution < -0.4 is 4.74 Å². The first-order valence-electron chi connectivity index (χ1n) is 10.4. The van der Waals surface area contributed by atoms with Gasteiger partial charge < -0.3 is 19.6 Å². The molecule has 0 aliphatic carbocycles. The van der Waals surface area contributed by atoms with Gasteiger partial charge in [-0.1, -0.05) is 24.8 Å². The molecule has 1 saturated heterocycles. The van der Waals surface area contributed by atoms with E-state index in [1.54, 1.807) is 30.3 Å². The van der Waals surface area contributed by atoms with Crippen molar-refractivity contribution in [1.82, 2.24) is 9.80 Å². The summed E-state index contributed by atoms with van der Waals surface area (Å²) in [5, 5.41) is 10.9. The Labute approximate surface area is 187 Å². The van der Waals surface area contributed by atoms with E-state index in [0.29, 0.717) is 30.9 Å². The number of likely N-dealkylation sites (tertiary alicyclic amines) is 1. The molecule has 1 aliphatic heterocycles. The van der Waals surface area contributed by atoms with Gasteiger partial charge in [-0.05, 0) is 69.0 Å². The highest BCUT2D eigenvalue weighted by molar-refractivity contribution is 6.46. The van der Waals surface area contributed by atoms with Gasteiger partial charge in [-0.2, -0.15) is 0 Å². The summed E-state index contributed by atoms with van der Waals surface area (Å²) in [6, 6.07) is 11.4. The van der Waals surface area contributed by atoms with E-state index in [1.807, 2.05) is 19.0 Å². The highest BCUT2D eigenvalue weighted by Gasteiger charge is 2.45. The van der Waals surface area contributed by atoms with Crippen molar-refractivity contribution < 1.29 is 23.8 Å². The number of carbonyl (C=O) groups is 2. The van der Waals surface area contributed by atoms with Gasteiger partial charge in [-0.25, -0.2) is 4.39 Å². The van der Waals surface area contributed by atoms with E-state index in [0.717, 1.165) is 6.54 Å². The van der Waals surface area contributed by atoms with E-state index in [1.165, 1.54) is 29.2 Å². The molecule has 1 fully saturated rings. The number of hydrogen-bond acceptors (Lipinski definition) is 5. The Hall–Kier alpha value is -3.45. The third-order valence-electron chi connectivity index (χ3n) is 5.23. The summed E-state index contributed by atoms with van der Waals surface area (Å²) < 4.78 is 18.9. The van der Waals surface area contributed by atoms with Gasteiger partial charge in [0, 0.05) is 12.1 Å². The lowest BCUT2D eigenvalue weighted by Gasteiger charge is -2.26. The van der Waals surface area contributed by atoms with Gasteiger partial charge in [0.1, 0.15) is 23.9 Å². The zero-order valence-electron chi connectivity index (χ0n) is 18.3. The van der Waals surface area contributed by atoms with Gasteiger partial charge in [-0.3, -0.25) is 9.59 Å². The van der Waals surface area contributed by atoms with E-state index in [9.17, 15) is 19.1 Å². The van der Waals surface area contributed by atoms with Crippen molar-refractivity contribution in [3.05, 3.63) is 83.7 Å². The van der Waals surface area contributed by atoms with Gasteiger partial charge in [-0.15, -0.1) is 0 Å². The molecule has 32 heavy (non-hydrogen) atoms. The molecule has 0 spiro atoms. The van der Waals surface area contributed by atoms with E-state index in [4.69, 9.17) is 4.74 Å². The highest BCUT2D eigenvalue weighted by Crippen LogP contribution is 2.39. The molecule has 0 aromatic heterocycles. The molecule has 168 valence electrons. The second-order valence-electron chi connectivity index (χ2n) is 7.82. The Balaban J connectivity index is 2.04. The van der Waals surface area contributed by atoms with Gasteiger partial charge in [0.05, 0.1) is 11.6 Å². The normalized spacial score (nSPS) is 17.8. The molecule has 1 atom stereocenters. The van der Waals surface area contributed by atoms with Gasteiger partial charge in [0.15, 0.2) is 0 Å². The van der Waals surface area contributed by atoms with Crippen molar-refractivity contribution in [3.63, 3.8) is 0 Å².